The highest BCUT2D eigenvalue weighted by Crippen LogP contribution is 2.12. The molecule has 0 aromatic heterocycles. The number of carbonyl (C=O) groups is 2. The number of benzene rings is 1. The molecule has 1 aromatic rings. The van der Waals surface area contributed by atoms with Crippen LogP contribution in [0.1, 0.15) is 17.5 Å². The van der Waals surface area contributed by atoms with Crippen molar-refractivity contribution in [2.45, 2.75) is 13.3 Å². The summed E-state index contributed by atoms with van der Waals surface area (Å²) in [7, 11) is 0. The van der Waals surface area contributed by atoms with Gasteiger partial charge in [-0.1, -0.05) is 29.8 Å². The van der Waals surface area contributed by atoms with Crippen LogP contribution in [-0.2, 0) is 14.3 Å². The van der Waals surface area contributed by atoms with Gasteiger partial charge in [0.15, 0.2) is 0 Å². The van der Waals surface area contributed by atoms with E-state index in [2.05, 4.69) is 10.2 Å². The van der Waals surface area contributed by atoms with Gasteiger partial charge in [0.25, 0.3) is 5.91 Å². The number of amides is 1. The zero-order valence-electron chi connectivity index (χ0n) is 14.0. The van der Waals surface area contributed by atoms with E-state index in [-0.39, 0.29) is 5.76 Å². The fourth-order valence-electron chi connectivity index (χ4n) is 2.41. The first kappa shape index (κ1) is 18.2. The molecule has 0 bridgehead atoms. The average Bonchev–Trinajstić information content (AvgIpc) is 2.60. The minimum atomic E-state index is -0.751. The van der Waals surface area contributed by atoms with Gasteiger partial charge in [0.05, 0.1) is 13.2 Å². The van der Waals surface area contributed by atoms with Crippen LogP contribution >= 0.6 is 0 Å². The van der Waals surface area contributed by atoms with E-state index < -0.39 is 11.7 Å². The lowest BCUT2D eigenvalue weighted by Gasteiger charge is -2.26. The second-order valence-corrected chi connectivity index (χ2v) is 5.82. The topological polar surface area (TPSA) is 78.9 Å². The summed E-state index contributed by atoms with van der Waals surface area (Å²) in [5.74, 6) is -1.65. The minimum absolute atomic E-state index is 0.205. The number of aliphatic hydroxyl groups excluding tert-OH is 1. The van der Waals surface area contributed by atoms with Crippen LogP contribution in [0.4, 0.5) is 0 Å². The fourth-order valence-corrected chi connectivity index (χ4v) is 2.41. The molecule has 1 aliphatic heterocycles. The maximum Gasteiger partial charge on any atom is 0.291 e. The number of hydrogen-bond donors (Lipinski definition) is 2. The Bertz CT molecular complexity index is 590. The molecule has 0 aliphatic carbocycles. The molecule has 1 heterocycles. The van der Waals surface area contributed by atoms with Gasteiger partial charge in [-0.15, -0.1) is 0 Å². The lowest BCUT2D eigenvalue weighted by atomic mass is 10.1. The van der Waals surface area contributed by atoms with E-state index >= 15 is 0 Å². The minimum Gasteiger partial charge on any atom is -0.507 e. The molecule has 130 valence electrons. The first-order valence-electron chi connectivity index (χ1n) is 8.16. The predicted octanol–water partition coefficient (Wildman–Crippen LogP) is 1.30. The molecule has 0 spiro atoms. The molecule has 2 rings (SSSR count). The zero-order chi connectivity index (χ0) is 17.4. The van der Waals surface area contributed by atoms with Crippen LogP contribution in [0, 0.1) is 6.92 Å². The Kier molecular flexibility index (Phi) is 6.96. The average molecular weight is 332 g/mol. The summed E-state index contributed by atoms with van der Waals surface area (Å²) in [5.41, 5.74) is 1.56. The number of morpholine rings is 1. The number of aliphatic hydroxyl groups is 1. The molecule has 0 saturated carbocycles. The van der Waals surface area contributed by atoms with Crippen molar-refractivity contribution in [1.82, 2.24) is 10.2 Å². The largest absolute Gasteiger partial charge is 0.507 e. The number of aryl methyl sites for hydroxylation is 1. The van der Waals surface area contributed by atoms with E-state index in [1.54, 1.807) is 12.1 Å². The third-order valence-electron chi connectivity index (χ3n) is 3.88. The molecule has 1 aromatic carbocycles. The number of rotatable bonds is 7. The van der Waals surface area contributed by atoms with Crippen molar-refractivity contribution in [1.29, 1.82) is 0 Å². The third-order valence-corrected chi connectivity index (χ3v) is 3.88. The van der Waals surface area contributed by atoms with Crippen LogP contribution in [0.3, 0.4) is 0 Å². The highest BCUT2D eigenvalue weighted by molar-refractivity contribution is 6.41. The van der Waals surface area contributed by atoms with Crippen LogP contribution in [0.5, 0.6) is 0 Å². The van der Waals surface area contributed by atoms with Gasteiger partial charge in [0.2, 0.25) is 5.78 Å². The molecule has 0 atom stereocenters. The molecule has 1 saturated heterocycles. The number of nitrogens with zero attached hydrogens (tertiary/aromatic N) is 1. The second kappa shape index (κ2) is 9.20. The third kappa shape index (κ3) is 5.79. The van der Waals surface area contributed by atoms with Gasteiger partial charge in [-0.05, 0) is 19.9 Å². The van der Waals surface area contributed by atoms with Crippen molar-refractivity contribution in [3.05, 3.63) is 41.5 Å². The van der Waals surface area contributed by atoms with Crippen molar-refractivity contribution in [2.24, 2.45) is 0 Å². The molecule has 1 fully saturated rings. The summed E-state index contributed by atoms with van der Waals surface area (Å²) in [4.78, 5) is 25.8. The molecule has 1 aliphatic rings. The maximum absolute atomic E-state index is 11.8. The number of carbonyl (C=O) groups excluding carboxylic acids is 2. The van der Waals surface area contributed by atoms with Crippen LogP contribution in [0.15, 0.2) is 30.3 Å². The van der Waals surface area contributed by atoms with Crippen LogP contribution in [0.2, 0.25) is 0 Å². The van der Waals surface area contributed by atoms with Gasteiger partial charge < -0.3 is 15.2 Å². The van der Waals surface area contributed by atoms with Crippen molar-refractivity contribution < 1.29 is 19.4 Å². The SMILES string of the molecule is Cc1ccc(/C(O)=C/C(=O)C(=O)NCCCN2CCOCC2)cc1. The quantitative estimate of drug-likeness (QED) is 0.341. The van der Waals surface area contributed by atoms with Crippen molar-refractivity contribution in [3.63, 3.8) is 0 Å². The zero-order valence-corrected chi connectivity index (χ0v) is 14.0. The maximum atomic E-state index is 11.8. The molecule has 6 nitrogen and oxygen atoms in total. The highest BCUT2D eigenvalue weighted by atomic mass is 16.5. The van der Waals surface area contributed by atoms with E-state index in [4.69, 9.17) is 4.74 Å². The van der Waals surface area contributed by atoms with Crippen molar-refractivity contribution in [3.8, 4) is 0 Å². The van der Waals surface area contributed by atoms with Gasteiger partial charge in [0.1, 0.15) is 5.76 Å². The standard InChI is InChI=1S/C18H24N2O4/c1-14-3-5-15(6-4-14)16(21)13-17(22)18(23)19-7-2-8-20-9-11-24-12-10-20/h3-6,13,21H,2,7-12H2,1H3,(H,19,23)/b16-13-. The molecule has 6 heteroatoms. The van der Waals surface area contributed by atoms with E-state index in [1.807, 2.05) is 19.1 Å². The van der Waals surface area contributed by atoms with Gasteiger partial charge in [-0.25, -0.2) is 0 Å². The number of ketones is 1. The Labute approximate surface area is 142 Å². The fraction of sp³-hybridized carbons (Fsp3) is 0.444. The number of hydrogen-bond acceptors (Lipinski definition) is 5. The van der Waals surface area contributed by atoms with Gasteiger partial charge in [-0.3, -0.25) is 14.5 Å². The second-order valence-electron chi connectivity index (χ2n) is 5.82. The molecule has 2 N–H and O–H groups in total. The highest BCUT2D eigenvalue weighted by Gasteiger charge is 2.13. The molecular weight excluding hydrogens is 308 g/mol. The molecule has 0 radical (unpaired) electrons. The van der Waals surface area contributed by atoms with Crippen LogP contribution in [-0.4, -0.2) is 61.1 Å². The smallest absolute Gasteiger partial charge is 0.291 e. The normalized spacial score (nSPS) is 16.0. The Morgan fingerprint density at radius 1 is 1.25 bits per heavy atom. The summed E-state index contributed by atoms with van der Waals surface area (Å²) in [6.45, 7) is 6.52. The van der Waals surface area contributed by atoms with E-state index in [0.29, 0.717) is 12.1 Å². The van der Waals surface area contributed by atoms with Crippen LogP contribution in [0.25, 0.3) is 5.76 Å². The lowest BCUT2D eigenvalue weighted by Crippen LogP contribution is -2.38. The van der Waals surface area contributed by atoms with Gasteiger partial charge in [0, 0.05) is 31.3 Å². The van der Waals surface area contributed by atoms with Gasteiger partial charge in [-0.2, -0.15) is 0 Å². The Morgan fingerprint density at radius 3 is 2.58 bits per heavy atom. The number of ether oxygens (including phenoxy) is 1. The van der Waals surface area contributed by atoms with E-state index in [9.17, 15) is 14.7 Å². The summed E-state index contributed by atoms with van der Waals surface area (Å²) in [6.07, 6.45) is 1.73. The Balaban J connectivity index is 1.73. The summed E-state index contributed by atoms with van der Waals surface area (Å²) >= 11 is 0. The molecule has 24 heavy (non-hydrogen) atoms. The molecule has 0 unspecified atom stereocenters. The first-order valence-corrected chi connectivity index (χ1v) is 8.16. The van der Waals surface area contributed by atoms with E-state index in [0.717, 1.165) is 50.9 Å². The lowest BCUT2D eigenvalue weighted by molar-refractivity contribution is -0.135. The van der Waals surface area contributed by atoms with E-state index in [1.165, 1.54) is 0 Å². The first-order chi connectivity index (χ1) is 11.6. The molecule has 1 amide bonds. The number of nitrogens with one attached hydrogen (secondary N) is 1. The Morgan fingerprint density at radius 2 is 1.92 bits per heavy atom. The predicted molar refractivity (Wildman–Crippen MR) is 91.7 cm³/mol. The summed E-state index contributed by atoms with van der Waals surface area (Å²) in [5, 5.41) is 12.5. The van der Waals surface area contributed by atoms with Crippen molar-refractivity contribution in [2.75, 3.05) is 39.4 Å². The van der Waals surface area contributed by atoms with Gasteiger partial charge >= 0.3 is 0 Å². The van der Waals surface area contributed by atoms with Crippen LogP contribution < -0.4 is 5.32 Å². The monoisotopic (exact) mass is 332 g/mol. The Hall–Kier alpha value is -2.18. The van der Waals surface area contributed by atoms with Crippen molar-refractivity contribution >= 4 is 17.4 Å². The molecular formula is C18H24N2O4. The summed E-state index contributed by atoms with van der Waals surface area (Å²) in [6, 6.07) is 7.06. The summed E-state index contributed by atoms with van der Waals surface area (Å²) < 4.78 is 5.27.